The van der Waals surface area contributed by atoms with E-state index in [1.165, 1.54) is 43.2 Å². The molecule has 13 heavy (non-hydrogen) atoms. The Morgan fingerprint density at radius 3 is 2.31 bits per heavy atom. The number of aryl methyl sites for hydroxylation is 2. The van der Waals surface area contributed by atoms with E-state index in [2.05, 4.69) is 6.07 Å². The van der Waals surface area contributed by atoms with E-state index in [4.69, 9.17) is 0 Å². The average molecular weight is 176 g/mol. The number of benzene rings is 1. The molecule has 1 aromatic carbocycles. The zero-order valence-corrected chi connectivity index (χ0v) is 7.92. The van der Waals surface area contributed by atoms with Crippen LogP contribution in [0.5, 0.6) is 5.75 Å². The summed E-state index contributed by atoms with van der Waals surface area (Å²) >= 11 is 0. The monoisotopic (exact) mass is 176 g/mol. The molecule has 0 radical (unpaired) electrons. The lowest BCUT2D eigenvalue weighted by Crippen LogP contribution is -1.98. The number of phenols is 1. The van der Waals surface area contributed by atoms with Gasteiger partial charge in [0.1, 0.15) is 5.75 Å². The van der Waals surface area contributed by atoms with E-state index < -0.39 is 0 Å². The summed E-state index contributed by atoms with van der Waals surface area (Å²) in [6.45, 7) is 0. The summed E-state index contributed by atoms with van der Waals surface area (Å²) in [5.74, 6) is 0.416. The van der Waals surface area contributed by atoms with Gasteiger partial charge in [-0.05, 0) is 48.9 Å². The molecule has 0 spiro atoms. The SMILES string of the molecule is Oc1ccc2c(c1)CCCCCC2. The van der Waals surface area contributed by atoms with Crippen molar-refractivity contribution < 1.29 is 5.11 Å². The molecule has 1 aromatic rings. The van der Waals surface area contributed by atoms with E-state index in [1.54, 1.807) is 6.07 Å². The fourth-order valence-corrected chi connectivity index (χ4v) is 2.07. The summed E-state index contributed by atoms with van der Waals surface area (Å²) in [4.78, 5) is 0. The molecule has 1 heteroatoms. The van der Waals surface area contributed by atoms with Crippen LogP contribution in [0.1, 0.15) is 36.8 Å². The van der Waals surface area contributed by atoms with Gasteiger partial charge in [0.15, 0.2) is 0 Å². The van der Waals surface area contributed by atoms with Crippen molar-refractivity contribution in [1.82, 2.24) is 0 Å². The number of aromatic hydroxyl groups is 1. The normalized spacial score (nSPS) is 17.2. The highest BCUT2D eigenvalue weighted by Crippen LogP contribution is 2.23. The third-order valence-electron chi connectivity index (χ3n) is 2.83. The maximum absolute atomic E-state index is 9.35. The van der Waals surface area contributed by atoms with Gasteiger partial charge in [0, 0.05) is 0 Å². The van der Waals surface area contributed by atoms with E-state index in [1.807, 2.05) is 6.07 Å². The molecule has 0 atom stereocenters. The molecule has 0 aliphatic heterocycles. The number of hydrogen-bond donors (Lipinski definition) is 1. The van der Waals surface area contributed by atoms with Gasteiger partial charge in [0.2, 0.25) is 0 Å². The second kappa shape index (κ2) is 3.82. The Labute approximate surface area is 79.4 Å². The van der Waals surface area contributed by atoms with E-state index in [0.717, 1.165) is 6.42 Å². The minimum absolute atomic E-state index is 0.416. The third kappa shape index (κ3) is 2.03. The van der Waals surface area contributed by atoms with Crippen LogP contribution < -0.4 is 0 Å². The lowest BCUT2D eigenvalue weighted by Gasteiger charge is -2.13. The van der Waals surface area contributed by atoms with Gasteiger partial charge in [-0.15, -0.1) is 0 Å². The molecule has 0 saturated carbocycles. The summed E-state index contributed by atoms with van der Waals surface area (Å²) in [7, 11) is 0. The lowest BCUT2D eigenvalue weighted by atomic mass is 9.93. The molecule has 0 aromatic heterocycles. The van der Waals surface area contributed by atoms with E-state index in [9.17, 15) is 5.11 Å². The first-order chi connectivity index (χ1) is 6.36. The summed E-state index contributed by atoms with van der Waals surface area (Å²) < 4.78 is 0. The second-order valence-electron chi connectivity index (χ2n) is 3.87. The topological polar surface area (TPSA) is 20.2 Å². The Kier molecular flexibility index (Phi) is 2.53. The van der Waals surface area contributed by atoms with Crippen molar-refractivity contribution in [3.05, 3.63) is 29.3 Å². The van der Waals surface area contributed by atoms with Crippen LogP contribution in [0, 0.1) is 0 Å². The highest BCUT2D eigenvalue weighted by Gasteiger charge is 2.06. The number of fused-ring (bicyclic) bond motifs is 1. The molecule has 0 amide bonds. The van der Waals surface area contributed by atoms with Crippen LogP contribution in [0.4, 0.5) is 0 Å². The van der Waals surface area contributed by atoms with Gasteiger partial charge in [0.25, 0.3) is 0 Å². The van der Waals surface area contributed by atoms with Crippen LogP contribution in [-0.2, 0) is 12.8 Å². The summed E-state index contributed by atoms with van der Waals surface area (Å²) in [5.41, 5.74) is 2.80. The Morgan fingerprint density at radius 1 is 0.846 bits per heavy atom. The van der Waals surface area contributed by atoms with Crippen molar-refractivity contribution in [1.29, 1.82) is 0 Å². The first-order valence-corrected chi connectivity index (χ1v) is 5.17. The molecular formula is C12H16O. The van der Waals surface area contributed by atoms with Gasteiger partial charge in [-0.1, -0.05) is 18.9 Å². The molecule has 1 aliphatic carbocycles. The quantitative estimate of drug-likeness (QED) is 0.644. The van der Waals surface area contributed by atoms with E-state index in [0.29, 0.717) is 5.75 Å². The Balaban J connectivity index is 2.28. The average Bonchev–Trinajstić information content (AvgIpc) is 2.08. The number of rotatable bonds is 0. The van der Waals surface area contributed by atoms with Crippen LogP contribution in [0.3, 0.4) is 0 Å². The van der Waals surface area contributed by atoms with Crippen LogP contribution in [0.15, 0.2) is 18.2 Å². The van der Waals surface area contributed by atoms with Crippen molar-refractivity contribution in [2.75, 3.05) is 0 Å². The van der Waals surface area contributed by atoms with Gasteiger partial charge in [-0.3, -0.25) is 0 Å². The molecule has 1 aliphatic rings. The molecule has 0 saturated heterocycles. The second-order valence-corrected chi connectivity index (χ2v) is 3.87. The maximum atomic E-state index is 9.35. The summed E-state index contributed by atoms with van der Waals surface area (Å²) in [6.07, 6.45) is 7.61. The van der Waals surface area contributed by atoms with Crippen LogP contribution in [-0.4, -0.2) is 5.11 Å². The van der Waals surface area contributed by atoms with Crippen molar-refractivity contribution in [3.8, 4) is 5.75 Å². The maximum Gasteiger partial charge on any atom is 0.115 e. The largest absolute Gasteiger partial charge is 0.508 e. The Bertz CT molecular complexity index is 291. The van der Waals surface area contributed by atoms with Crippen molar-refractivity contribution in [2.24, 2.45) is 0 Å². The summed E-state index contributed by atoms with van der Waals surface area (Å²) in [5, 5.41) is 9.35. The van der Waals surface area contributed by atoms with Gasteiger partial charge in [0.05, 0.1) is 0 Å². The standard InChI is InChI=1S/C12H16O/c13-12-8-7-10-5-3-1-2-4-6-11(10)9-12/h7-9,13H,1-6H2. The molecular weight excluding hydrogens is 160 g/mol. The highest BCUT2D eigenvalue weighted by atomic mass is 16.3. The Morgan fingerprint density at radius 2 is 1.54 bits per heavy atom. The van der Waals surface area contributed by atoms with Crippen molar-refractivity contribution >= 4 is 0 Å². The van der Waals surface area contributed by atoms with Crippen molar-refractivity contribution in [3.63, 3.8) is 0 Å². The molecule has 1 N–H and O–H groups in total. The van der Waals surface area contributed by atoms with Gasteiger partial charge >= 0.3 is 0 Å². The minimum Gasteiger partial charge on any atom is -0.508 e. The highest BCUT2D eigenvalue weighted by molar-refractivity contribution is 5.35. The van der Waals surface area contributed by atoms with E-state index >= 15 is 0 Å². The zero-order valence-electron chi connectivity index (χ0n) is 7.92. The molecule has 0 unspecified atom stereocenters. The molecule has 0 heterocycles. The molecule has 1 nitrogen and oxygen atoms in total. The zero-order chi connectivity index (χ0) is 9.10. The third-order valence-corrected chi connectivity index (χ3v) is 2.83. The molecule has 2 rings (SSSR count). The van der Waals surface area contributed by atoms with Gasteiger partial charge in [-0.25, -0.2) is 0 Å². The van der Waals surface area contributed by atoms with E-state index in [-0.39, 0.29) is 0 Å². The smallest absolute Gasteiger partial charge is 0.115 e. The molecule has 70 valence electrons. The first kappa shape index (κ1) is 8.61. The van der Waals surface area contributed by atoms with Gasteiger partial charge in [-0.2, -0.15) is 0 Å². The predicted octanol–water partition coefficient (Wildman–Crippen LogP) is 3.05. The van der Waals surface area contributed by atoms with Crippen LogP contribution >= 0.6 is 0 Å². The Hall–Kier alpha value is -0.980. The minimum atomic E-state index is 0.416. The number of hydrogen-bond acceptors (Lipinski definition) is 1. The summed E-state index contributed by atoms with van der Waals surface area (Å²) in [6, 6.07) is 5.82. The number of phenolic OH excluding ortho intramolecular Hbond substituents is 1. The van der Waals surface area contributed by atoms with Crippen LogP contribution in [0.2, 0.25) is 0 Å². The predicted molar refractivity (Wildman–Crippen MR) is 54.0 cm³/mol. The fourth-order valence-electron chi connectivity index (χ4n) is 2.07. The van der Waals surface area contributed by atoms with Crippen LogP contribution in [0.25, 0.3) is 0 Å². The fraction of sp³-hybridized carbons (Fsp3) is 0.500. The van der Waals surface area contributed by atoms with Gasteiger partial charge < -0.3 is 5.11 Å². The first-order valence-electron chi connectivity index (χ1n) is 5.17. The molecule has 0 bridgehead atoms. The molecule has 0 fully saturated rings. The lowest BCUT2D eigenvalue weighted by molar-refractivity contribution is 0.473. The van der Waals surface area contributed by atoms with Crippen molar-refractivity contribution in [2.45, 2.75) is 38.5 Å².